The summed E-state index contributed by atoms with van der Waals surface area (Å²) in [6.45, 7) is 3.23. The van der Waals surface area contributed by atoms with E-state index in [0.29, 0.717) is 11.1 Å². The van der Waals surface area contributed by atoms with E-state index in [0.717, 1.165) is 0 Å². The molecule has 0 aliphatic carbocycles. The molecule has 17 heavy (non-hydrogen) atoms. The maximum absolute atomic E-state index is 11.5. The van der Waals surface area contributed by atoms with Gasteiger partial charge in [-0.1, -0.05) is 12.1 Å². The van der Waals surface area contributed by atoms with Crippen molar-refractivity contribution in [3.8, 4) is 6.07 Å². The second-order valence-electron chi connectivity index (χ2n) is 4.35. The Balaban J connectivity index is 3.00. The lowest BCUT2D eigenvalue weighted by Gasteiger charge is -2.27. The Morgan fingerprint density at radius 2 is 1.94 bits per heavy atom. The van der Waals surface area contributed by atoms with Crippen molar-refractivity contribution >= 4 is 5.97 Å². The van der Waals surface area contributed by atoms with Crippen molar-refractivity contribution in [3.63, 3.8) is 0 Å². The first-order chi connectivity index (χ1) is 7.93. The number of hydrogen-bond acceptors (Lipinski definition) is 4. The number of esters is 1. The van der Waals surface area contributed by atoms with Crippen LogP contribution in [0.4, 0.5) is 0 Å². The molecule has 1 rings (SSSR count). The van der Waals surface area contributed by atoms with Gasteiger partial charge >= 0.3 is 5.97 Å². The first-order valence-electron chi connectivity index (χ1n) is 5.20. The summed E-state index contributed by atoms with van der Waals surface area (Å²) in [6, 6.07) is 8.46. The topological polar surface area (TPSA) is 70.3 Å². The summed E-state index contributed by atoms with van der Waals surface area (Å²) in [5.41, 5.74) is 0.0688. The largest absolute Gasteiger partial charge is 0.469 e. The van der Waals surface area contributed by atoms with Gasteiger partial charge in [0.25, 0.3) is 0 Å². The van der Waals surface area contributed by atoms with Gasteiger partial charge in [-0.05, 0) is 31.5 Å². The Kier molecular flexibility index (Phi) is 3.87. The lowest BCUT2D eigenvalue weighted by atomic mass is 9.82. The highest BCUT2D eigenvalue weighted by Crippen LogP contribution is 2.34. The van der Waals surface area contributed by atoms with E-state index in [2.05, 4.69) is 4.74 Å². The van der Waals surface area contributed by atoms with Gasteiger partial charge in [-0.3, -0.25) is 4.79 Å². The molecule has 4 heteroatoms. The zero-order valence-electron chi connectivity index (χ0n) is 10.1. The fourth-order valence-corrected chi connectivity index (χ4v) is 1.53. The number of hydrogen-bond donors (Lipinski definition) is 1. The maximum Gasteiger partial charge on any atom is 0.314 e. The van der Waals surface area contributed by atoms with Crippen molar-refractivity contribution in [1.82, 2.24) is 0 Å². The molecule has 0 amide bonds. The molecule has 0 saturated carbocycles. The van der Waals surface area contributed by atoms with Crippen LogP contribution in [-0.2, 0) is 9.53 Å². The summed E-state index contributed by atoms with van der Waals surface area (Å²) in [7, 11) is 1.29. The highest BCUT2D eigenvalue weighted by Gasteiger charge is 2.37. The number of carbonyl (C=O) groups is 1. The van der Waals surface area contributed by atoms with Gasteiger partial charge in [-0.2, -0.15) is 5.26 Å². The first-order valence-corrected chi connectivity index (χ1v) is 5.20. The van der Waals surface area contributed by atoms with Crippen molar-refractivity contribution in [1.29, 1.82) is 5.26 Å². The summed E-state index contributed by atoms with van der Waals surface area (Å²) < 4.78 is 4.65. The van der Waals surface area contributed by atoms with Crippen LogP contribution in [0.3, 0.4) is 0 Å². The van der Waals surface area contributed by atoms with Gasteiger partial charge in [0.05, 0.1) is 30.3 Å². The molecule has 0 saturated heterocycles. The average Bonchev–Trinajstić information content (AvgIpc) is 2.36. The summed E-state index contributed by atoms with van der Waals surface area (Å²) in [5.74, 6) is -0.477. The van der Waals surface area contributed by atoms with Crippen LogP contribution in [0.2, 0.25) is 0 Å². The Morgan fingerprint density at radius 3 is 2.35 bits per heavy atom. The first kappa shape index (κ1) is 13.2. The van der Waals surface area contributed by atoms with E-state index < -0.39 is 17.5 Å². The number of aliphatic hydroxyl groups is 1. The van der Waals surface area contributed by atoms with Gasteiger partial charge in [0, 0.05) is 0 Å². The van der Waals surface area contributed by atoms with E-state index >= 15 is 0 Å². The van der Waals surface area contributed by atoms with Crippen molar-refractivity contribution < 1.29 is 14.6 Å². The Morgan fingerprint density at radius 1 is 1.41 bits per heavy atom. The van der Waals surface area contributed by atoms with Crippen molar-refractivity contribution in [2.24, 2.45) is 5.41 Å². The van der Waals surface area contributed by atoms with E-state index in [4.69, 9.17) is 5.26 Å². The number of aliphatic hydroxyl groups excluding tert-OH is 1. The fraction of sp³-hybridized carbons (Fsp3) is 0.385. The summed E-state index contributed by atoms with van der Waals surface area (Å²) in [6.07, 6.45) is -0.970. The molecule has 0 bridgehead atoms. The molecule has 1 atom stereocenters. The fourth-order valence-electron chi connectivity index (χ4n) is 1.53. The minimum atomic E-state index is -1.02. The number of carbonyl (C=O) groups excluding carboxylic acids is 1. The van der Waals surface area contributed by atoms with E-state index in [1.165, 1.54) is 7.11 Å². The van der Waals surface area contributed by atoms with E-state index in [9.17, 15) is 9.90 Å². The molecule has 0 aliphatic rings. The van der Waals surface area contributed by atoms with Crippen LogP contribution in [0.15, 0.2) is 24.3 Å². The monoisotopic (exact) mass is 233 g/mol. The number of benzene rings is 1. The molecule has 0 aromatic heterocycles. The number of nitrogens with zero attached hydrogens (tertiary/aromatic N) is 1. The molecule has 0 aliphatic heterocycles. The molecule has 90 valence electrons. The molecule has 0 heterocycles. The SMILES string of the molecule is COC(=O)C(C)(C)C(O)c1ccc(C#N)cc1. The highest BCUT2D eigenvalue weighted by molar-refractivity contribution is 5.76. The molecule has 0 fully saturated rings. The van der Waals surface area contributed by atoms with Gasteiger partial charge in [0.2, 0.25) is 0 Å². The van der Waals surface area contributed by atoms with Crippen molar-refractivity contribution in [2.45, 2.75) is 20.0 Å². The van der Waals surface area contributed by atoms with Crippen LogP contribution in [-0.4, -0.2) is 18.2 Å². The molecule has 1 N–H and O–H groups in total. The summed E-state index contributed by atoms with van der Waals surface area (Å²) >= 11 is 0. The zero-order chi connectivity index (χ0) is 13.1. The standard InChI is InChI=1S/C13H15NO3/c1-13(2,12(16)17-3)11(15)10-6-4-9(8-14)5-7-10/h4-7,11,15H,1-3H3. The summed E-state index contributed by atoms with van der Waals surface area (Å²) in [5, 5.41) is 18.8. The van der Waals surface area contributed by atoms with E-state index in [-0.39, 0.29) is 0 Å². The molecule has 1 aromatic carbocycles. The van der Waals surface area contributed by atoms with Crippen LogP contribution in [0.1, 0.15) is 31.1 Å². The van der Waals surface area contributed by atoms with Gasteiger partial charge in [-0.25, -0.2) is 0 Å². The molecule has 1 aromatic rings. The van der Waals surface area contributed by atoms with Gasteiger partial charge < -0.3 is 9.84 Å². The lowest BCUT2D eigenvalue weighted by molar-refractivity contribution is -0.157. The van der Waals surface area contributed by atoms with Crippen LogP contribution in [0.5, 0.6) is 0 Å². The number of rotatable bonds is 3. The normalized spacial score (nSPS) is 12.6. The third kappa shape index (κ3) is 2.63. The molecular weight excluding hydrogens is 218 g/mol. The molecule has 0 radical (unpaired) electrons. The Labute approximate surface area is 100 Å². The quantitative estimate of drug-likeness (QED) is 0.808. The van der Waals surface area contributed by atoms with Crippen LogP contribution in [0.25, 0.3) is 0 Å². The summed E-state index contributed by atoms with van der Waals surface area (Å²) in [4.78, 5) is 11.5. The second kappa shape index (κ2) is 4.98. The second-order valence-corrected chi connectivity index (χ2v) is 4.35. The van der Waals surface area contributed by atoms with Crippen molar-refractivity contribution in [3.05, 3.63) is 35.4 Å². The molecule has 1 unspecified atom stereocenters. The van der Waals surface area contributed by atoms with Gasteiger partial charge in [-0.15, -0.1) is 0 Å². The highest BCUT2D eigenvalue weighted by atomic mass is 16.5. The lowest BCUT2D eigenvalue weighted by Crippen LogP contribution is -2.32. The third-order valence-electron chi connectivity index (χ3n) is 2.75. The smallest absolute Gasteiger partial charge is 0.314 e. The third-order valence-corrected chi connectivity index (χ3v) is 2.75. The molecular formula is C13H15NO3. The zero-order valence-corrected chi connectivity index (χ0v) is 10.1. The Hall–Kier alpha value is -1.86. The van der Waals surface area contributed by atoms with E-state index in [1.807, 2.05) is 6.07 Å². The molecule has 0 spiro atoms. The van der Waals surface area contributed by atoms with Crippen LogP contribution >= 0.6 is 0 Å². The van der Waals surface area contributed by atoms with E-state index in [1.54, 1.807) is 38.1 Å². The van der Waals surface area contributed by atoms with Gasteiger partial charge in [0.1, 0.15) is 0 Å². The maximum atomic E-state index is 11.5. The minimum absolute atomic E-state index is 0.477. The predicted octanol–water partition coefficient (Wildman–Crippen LogP) is 1.79. The van der Waals surface area contributed by atoms with Crippen molar-refractivity contribution in [2.75, 3.05) is 7.11 Å². The number of methoxy groups -OCH3 is 1. The predicted molar refractivity (Wildman–Crippen MR) is 61.9 cm³/mol. The molecule has 4 nitrogen and oxygen atoms in total. The van der Waals surface area contributed by atoms with Crippen LogP contribution < -0.4 is 0 Å². The Bertz CT molecular complexity index is 443. The number of ether oxygens (including phenoxy) is 1. The van der Waals surface area contributed by atoms with Crippen LogP contribution in [0, 0.1) is 16.7 Å². The minimum Gasteiger partial charge on any atom is -0.469 e. The number of nitriles is 1. The average molecular weight is 233 g/mol. The van der Waals surface area contributed by atoms with Gasteiger partial charge in [0.15, 0.2) is 0 Å².